The standard InChI is InChI=1S/C28H30N2O4/c1-18-27(28(33)25(29-34-20(3)32)17-21-9-5-4-6-10-21)24-11-7-8-12-26(24)30(18)23-15-13-22(14-16-23)19(2)31/h7-8,11-16,21H,4-6,9-10,17H2,1-3H3/b29-25+. The van der Waals surface area contributed by atoms with Crippen molar-refractivity contribution in [2.45, 2.75) is 59.3 Å². The number of hydrogen-bond donors (Lipinski definition) is 0. The van der Waals surface area contributed by atoms with Gasteiger partial charge >= 0.3 is 5.97 Å². The number of oxime groups is 1. The Bertz CT molecular complexity index is 1260. The number of benzene rings is 2. The van der Waals surface area contributed by atoms with Gasteiger partial charge in [0.2, 0.25) is 5.78 Å². The lowest BCUT2D eigenvalue weighted by molar-refractivity contribution is -0.140. The second-order valence-electron chi connectivity index (χ2n) is 9.07. The predicted molar refractivity (Wildman–Crippen MR) is 133 cm³/mol. The predicted octanol–water partition coefficient (Wildman–Crippen LogP) is 6.21. The van der Waals surface area contributed by atoms with Gasteiger partial charge in [-0.25, -0.2) is 4.79 Å². The van der Waals surface area contributed by atoms with Gasteiger partial charge in [0.25, 0.3) is 0 Å². The number of Topliss-reactive ketones (excluding diaryl/α,β-unsaturated/α-hetero) is 2. The van der Waals surface area contributed by atoms with Gasteiger partial charge in [0.15, 0.2) is 5.78 Å². The Labute approximate surface area is 199 Å². The molecule has 0 bridgehead atoms. The highest BCUT2D eigenvalue weighted by Crippen LogP contribution is 2.32. The van der Waals surface area contributed by atoms with E-state index in [1.807, 2.05) is 47.9 Å². The first kappa shape index (κ1) is 23.6. The number of carbonyl (C=O) groups is 3. The summed E-state index contributed by atoms with van der Waals surface area (Å²) in [7, 11) is 0. The van der Waals surface area contributed by atoms with Crippen LogP contribution in [-0.4, -0.2) is 27.8 Å². The summed E-state index contributed by atoms with van der Waals surface area (Å²) in [6, 6.07) is 15.1. The molecule has 1 aliphatic carbocycles. The molecule has 3 aromatic rings. The molecule has 0 saturated heterocycles. The molecule has 0 N–H and O–H groups in total. The van der Waals surface area contributed by atoms with Crippen LogP contribution in [0.4, 0.5) is 0 Å². The Morgan fingerprint density at radius 2 is 1.65 bits per heavy atom. The molecule has 0 amide bonds. The van der Waals surface area contributed by atoms with Crippen LogP contribution in [0, 0.1) is 12.8 Å². The third-order valence-corrected chi connectivity index (χ3v) is 6.62. The number of hydrogen-bond acceptors (Lipinski definition) is 5. The maximum atomic E-state index is 13.9. The molecule has 6 heteroatoms. The molecular formula is C28H30N2O4. The molecule has 4 rings (SSSR count). The van der Waals surface area contributed by atoms with E-state index in [0.717, 1.165) is 48.0 Å². The fourth-order valence-corrected chi connectivity index (χ4v) is 4.93. The van der Waals surface area contributed by atoms with Crippen molar-refractivity contribution < 1.29 is 19.2 Å². The zero-order valence-corrected chi connectivity index (χ0v) is 20.0. The number of para-hydroxylation sites is 1. The van der Waals surface area contributed by atoms with Gasteiger partial charge in [0, 0.05) is 29.3 Å². The summed E-state index contributed by atoms with van der Waals surface area (Å²) >= 11 is 0. The summed E-state index contributed by atoms with van der Waals surface area (Å²) < 4.78 is 2.02. The number of aromatic nitrogens is 1. The Morgan fingerprint density at radius 1 is 0.971 bits per heavy atom. The quantitative estimate of drug-likeness (QED) is 0.182. The highest BCUT2D eigenvalue weighted by Gasteiger charge is 2.27. The molecule has 0 spiro atoms. The summed E-state index contributed by atoms with van der Waals surface area (Å²) in [5.41, 5.74) is 4.03. The Hall–Kier alpha value is -3.54. The molecule has 176 valence electrons. The molecule has 6 nitrogen and oxygen atoms in total. The van der Waals surface area contributed by atoms with E-state index < -0.39 is 5.97 Å². The molecule has 0 atom stereocenters. The van der Waals surface area contributed by atoms with E-state index >= 15 is 0 Å². The molecule has 1 heterocycles. The van der Waals surface area contributed by atoms with Crippen LogP contribution in [0.25, 0.3) is 16.6 Å². The number of nitrogens with zero attached hydrogens (tertiary/aromatic N) is 2. The monoisotopic (exact) mass is 458 g/mol. The topological polar surface area (TPSA) is 77.7 Å². The van der Waals surface area contributed by atoms with Crippen molar-refractivity contribution in [3.05, 3.63) is 65.4 Å². The van der Waals surface area contributed by atoms with E-state index in [9.17, 15) is 14.4 Å². The van der Waals surface area contributed by atoms with Gasteiger partial charge in [-0.3, -0.25) is 9.59 Å². The van der Waals surface area contributed by atoms with Crippen LogP contribution in [-0.2, 0) is 9.63 Å². The summed E-state index contributed by atoms with van der Waals surface area (Å²) in [6.07, 6.45) is 6.11. The number of carbonyl (C=O) groups excluding carboxylic acids is 3. The first-order valence-electron chi connectivity index (χ1n) is 11.9. The van der Waals surface area contributed by atoms with Gasteiger partial charge in [-0.1, -0.05) is 55.5 Å². The molecule has 1 aromatic heterocycles. The summed E-state index contributed by atoms with van der Waals surface area (Å²) in [5, 5.41) is 4.84. The van der Waals surface area contributed by atoms with E-state index in [1.54, 1.807) is 19.1 Å². The second kappa shape index (κ2) is 10.2. The third-order valence-electron chi connectivity index (χ3n) is 6.62. The molecule has 1 aliphatic rings. The van der Waals surface area contributed by atoms with Crippen LogP contribution in [0.15, 0.2) is 53.7 Å². The van der Waals surface area contributed by atoms with Crippen molar-refractivity contribution in [2.75, 3.05) is 0 Å². The molecule has 2 aromatic carbocycles. The van der Waals surface area contributed by atoms with Crippen LogP contribution >= 0.6 is 0 Å². The van der Waals surface area contributed by atoms with Crippen LogP contribution in [0.2, 0.25) is 0 Å². The van der Waals surface area contributed by atoms with Crippen molar-refractivity contribution in [1.82, 2.24) is 4.57 Å². The average molecular weight is 459 g/mol. The molecule has 0 unspecified atom stereocenters. The highest BCUT2D eigenvalue weighted by molar-refractivity contribution is 6.48. The van der Waals surface area contributed by atoms with Gasteiger partial charge in [-0.15, -0.1) is 0 Å². The second-order valence-corrected chi connectivity index (χ2v) is 9.07. The lowest BCUT2D eigenvalue weighted by Crippen LogP contribution is -2.21. The largest absolute Gasteiger partial charge is 0.331 e. The van der Waals surface area contributed by atoms with Crippen LogP contribution in [0.1, 0.15) is 78.8 Å². The zero-order valence-electron chi connectivity index (χ0n) is 20.0. The van der Waals surface area contributed by atoms with Crippen LogP contribution in [0.3, 0.4) is 0 Å². The van der Waals surface area contributed by atoms with E-state index in [2.05, 4.69) is 5.16 Å². The van der Waals surface area contributed by atoms with E-state index in [0.29, 0.717) is 29.2 Å². The maximum absolute atomic E-state index is 13.9. The van der Waals surface area contributed by atoms with Gasteiger partial charge in [-0.2, -0.15) is 0 Å². The molecule has 34 heavy (non-hydrogen) atoms. The Morgan fingerprint density at radius 3 is 2.29 bits per heavy atom. The van der Waals surface area contributed by atoms with Crippen molar-refractivity contribution in [3.8, 4) is 5.69 Å². The summed E-state index contributed by atoms with van der Waals surface area (Å²) in [6.45, 7) is 4.74. The SMILES string of the molecule is CC(=O)O/N=C(\CC1CCCCC1)C(=O)c1c(C)n(-c2ccc(C(C)=O)cc2)c2ccccc12. The summed E-state index contributed by atoms with van der Waals surface area (Å²) in [5.74, 6) is -0.386. The fourth-order valence-electron chi connectivity index (χ4n) is 4.93. The van der Waals surface area contributed by atoms with Crippen molar-refractivity contribution in [2.24, 2.45) is 11.1 Å². The third kappa shape index (κ3) is 4.86. The molecule has 1 fully saturated rings. The number of fused-ring (bicyclic) bond motifs is 1. The van der Waals surface area contributed by atoms with Gasteiger partial charge in [0.05, 0.1) is 11.1 Å². The van der Waals surface area contributed by atoms with Gasteiger partial charge in [0.1, 0.15) is 5.71 Å². The van der Waals surface area contributed by atoms with E-state index in [1.165, 1.54) is 13.3 Å². The van der Waals surface area contributed by atoms with Crippen molar-refractivity contribution in [3.63, 3.8) is 0 Å². The van der Waals surface area contributed by atoms with E-state index in [-0.39, 0.29) is 11.6 Å². The van der Waals surface area contributed by atoms with Crippen LogP contribution in [0.5, 0.6) is 0 Å². The minimum atomic E-state index is -0.543. The number of ketones is 2. The van der Waals surface area contributed by atoms with Crippen molar-refractivity contribution in [1.29, 1.82) is 0 Å². The molecular weight excluding hydrogens is 428 g/mol. The van der Waals surface area contributed by atoms with Crippen molar-refractivity contribution >= 4 is 34.2 Å². The smallest absolute Gasteiger partial charge is 0.318 e. The molecule has 0 aliphatic heterocycles. The molecule has 0 radical (unpaired) electrons. The minimum absolute atomic E-state index is 0.00513. The normalized spacial score (nSPS) is 14.9. The van der Waals surface area contributed by atoms with Gasteiger partial charge in [-0.05, 0) is 56.5 Å². The lowest BCUT2D eigenvalue weighted by Gasteiger charge is -2.21. The average Bonchev–Trinajstić information content (AvgIpc) is 3.13. The summed E-state index contributed by atoms with van der Waals surface area (Å²) in [4.78, 5) is 42.0. The first-order chi connectivity index (χ1) is 16.4. The minimum Gasteiger partial charge on any atom is -0.318 e. The van der Waals surface area contributed by atoms with Crippen LogP contribution < -0.4 is 0 Å². The Kier molecular flexibility index (Phi) is 7.06. The lowest BCUT2D eigenvalue weighted by atomic mass is 9.84. The highest BCUT2D eigenvalue weighted by atomic mass is 16.7. The first-order valence-corrected chi connectivity index (χ1v) is 11.9. The molecule has 1 saturated carbocycles. The fraction of sp³-hybridized carbons (Fsp3) is 0.357. The van der Waals surface area contributed by atoms with Gasteiger partial charge < -0.3 is 9.40 Å². The zero-order chi connectivity index (χ0) is 24.2. The van der Waals surface area contributed by atoms with E-state index in [4.69, 9.17) is 4.84 Å². The Balaban J connectivity index is 1.79. The number of rotatable bonds is 7. The maximum Gasteiger partial charge on any atom is 0.331 e.